The highest BCUT2D eigenvalue weighted by atomic mass is 79.9. The molecule has 19 heavy (non-hydrogen) atoms. The van der Waals surface area contributed by atoms with Crippen LogP contribution in [0.4, 0.5) is 0 Å². The minimum Gasteiger partial charge on any atom is -0.495 e. The van der Waals surface area contributed by atoms with Gasteiger partial charge in [0.05, 0.1) is 17.7 Å². The summed E-state index contributed by atoms with van der Waals surface area (Å²) in [6.07, 6.45) is 3.89. The zero-order valence-corrected chi connectivity index (χ0v) is 14.4. The van der Waals surface area contributed by atoms with Crippen molar-refractivity contribution in [1.29, 1.82) is 0 Å². The maximum Gasteiger partial charge on any atom is 0.137 e. The largest absolute Gasteiger partial charge is 0.495 e. The van der Waals surface area contributed by atoms with E-state index in [0.717, 1.165) is 33.2 Å². The number of methoxy groups -OCH3 is 2. The van der Waals surface area contributed by atoms with E-state index in [9.17, 15) is 0 Å². The Labute approximate surface area is 131 Å². The Morgan fingerprint density at radius 3 is 2.74 bits per heavy atom. The van der Waals surface area contributed by atoms with Crippen molar-refractivity contribution < 1.29 is 9.47 Å². The molecule has 0 saturated heterocycles. The fourth-order valence-corrected chi connectivity index (χ4v) is 4.13. The molecule has 1 saturated carbocycles. The second-order valence-electron chi connectivity index (χ2n) is 4.77. The third kappa shape index (κ3) is 3.72. The fourth-order valence-electron chi connectivity index (χ4n) is 2.66. The summed E-state index contributed by atoms with van der Waals surface area (Å²) in [5, 5.41) is 3.58. The number of benzene rings is 1. The Morgan fingerprint density at radius 2 is 2.05 bits per heavy atom. The van der Waals surface area contributed by atoms with Gasteiger partial charge in [-0.05, 0) is 47.3 Å². The van der Waals surface area contributed by atoms with Gasteiger partial charge < -0.3 is 14.8 Å². The smallest absolute Gasteiger partial charge is 0.137 e. The minimum absolute atomic E-state index is 0.335. The molecule has 1 aromatic rings. The molecule has 2 unspecified atom stereocenters. The van der Waals surface area contributed by atoms with Gasteiger partial charge in [0, 0.05) is 29.7 Å². The molecular formula is C14H19Br2NO2. The van der Waals surface area contributed by atoms with Crippen molar-refractivity contribution in [3.05, 3.63) is 26.6 Å². The van der Waals surface area contributed by atoms with E-state index < -0.39 is 0 Å². The molecule has 0 aliphatic heterocycles. The van der Waals surface area contributed by atoms with Crippen LogP contribution in [0.2, 0.25) is 0 Å². The fraction of sp³-hybridized carbons (Fsp3) is 0.571. The molecule has 0 amide bonds. The van der Waals surface area contributed by atoms with Crippen LogP contribution in [0.15, 0.2) is 21.1 Å². The van der Waals surface area contributed by atoms with Gasteiger partial charge in [-0.2, -0.15) is 0 Å². The first-order valence-corrected chi connectivity index (χ1v) is 8.02. The SMILES string of the molecule is COc1c(Br)cc(Br)cc1CNC1CCCC1OC. The van der Waals surface area contributed by atoms with Crippen LogP contribution in [0.1, 0.15) is 24.8 Å². The summed E-state index contributed by atoms with van der Waals surface area (Å²) in [6, 6.07) is 4.52. The average molecular weight is 393 g/mol. The molecule has 0 heterocycles. The van der Waals surface area contributed by atoms with Crippen molar-refractivity contribution in [2.45, 2.75) is 38.0 Å². The van der Waals surface area contributed by atoms with E-state index in [-0.39, 0.29) is 0 Å². The number of rotatable bonds is 5. The van der Waals surface area contributed by atoms with Gasteiger partial charge in [-0.1, -0.05) is 15.9 Å². The summed E-state index contributed by atoms with van der Waals surface area (Å²) in [5.41, 5.74) is 1.14. The van der Waals surface area contributed by atoms with E-state index >= 15 is 0 Å². The molecule has 0 aromatic heterocycles. The number of ether oxygens (including phenoxy) is 2. The van der Waals surface area contributed by atoms with Crippen molar-refractivity contribution in [3.8, 4) is 5.75 Å². The van der Waals surface area contributed by atoms with Gasteiger partial charge >= 0.3 is 0 Å². The average Bonchev–Trinajstić information content (AvgIpc) is 2.83. The van der Waals surface area contributed by atoms with Crippen LogP contribution in [0.25, 0.3) is 0 Å². The zero-order valence-electron chi connectivity index (χ0n) is 11.2. The van der Waals surface area contributed by atoms with Gasteiger partial charge in [-0.3, -0.25) is 0 Å². The second kappa shape index (κ2) is 7.07. The standard InChI is InChI=1S/C14H19Br2NO2/c1-18-13-5-3-4-12(13)17-8-9-6-10(15)7-11(16)14(9)19-2/h6-7,12-13,17H,3-5,8H2,1-2H3. The summed E-state index contributed by atoms with van der Waals surface area (Å²) >= 11 is 7.05. The van der Waals surface area contributed by atoms with Crippen molar-refractivity contribution in [2.75, 3.05) is 14.2 Å². The van der Waals surface area contributed by atoms with E-state index in [0.29, 0.717) is 12.1 Å². The first-order chi connectivity index (χ1) is 9.15. The molecule has 1 aromatic carbocycles. The Kier molecular flexibility index (Phi) is 5.69. The van der Waals surface area contributed by atoms with Crippen LogP contribution in [0, 0.1) is 0 Å². The van der Waals surface area contributed by atoms with Crippen LogP contribution in [-0.2, 0) is 11.3 Å². The predicted molar refractivity (Wildman–Crippen MR) is 83.7 cm³/mol. The Morgan fingerprint density at radius 1 is 1.26 bits per heavy atom. The molecule has 1 fully saturated rings. The third-order valence-electron chi connectivity index (χ3n) is 3.60. The van der Waals surface area contributed by atoms with Gasteiger partial charge in [-0.15, -0.1) is 0 Å². The number of halogens is 2. The van der Waals surface area contributed by atoms with Gasteiger partial charge in [0.2, 0.25) is 0 Å². The van der Waals surface area contributed by atoms with Gasteiger partial charge in [0.15, 0.2) is 0 Å². The maximum atomic E-state index is 5.50. The maximum absolute atomic E-state index is 5.50. The number of nitrogens with one attached hydrogen (secondary N) is 1. The highest BCUT2D eigenvalue weighted by molar-refractivity contribution is 9.11. The molecule has 5 heteroatoms. The van der Waals surface area contributed by atoms with Crippen molar-refractivity contribution in [1.82, 2.24) is 5.32 Å². The summed E-state index contributed by atoms with van der Waals surface area (Å²) in [4.78, 5) is 0. The van der Waals surface area contributed by atoms with Crippen LogP contribution in [0.5, 0.6) is 5.75 Å². The van der Waals surface area contributed by atoms with Crippen LogP contribution < -0.4 is 10.1 Å². The van der Waals surface area contributed by atoms with Crippen LogP contribution >= 0.6 is 31.9 Å². The molecule has 106 valence electrons. The molecule has 2 atom stereocenters. The highest BCUT2D eigenvalue weighted by Crippen LogP contribution is 2.33. The monoisotopic (exact) mass is 391 g/mol. The van der Waals surface area contributed by atoms with E-state index in [1.54, 1.807) is 14.2 Å². The van der Waals surface area contributed by atoms with Crippen molar-refractivity contribution in [2.24, 2.45) is 0 Å². The predicted octanol–water partition coefficient (Wildman–Crippen LogP) is 3.88. The normalized spacial score (nSPS) is 22.7. The van der Waals surface area contributed by atoms with Gasteiger partial charge in [0.25, 0.3) is 0 Å². The Hall–Kier alpha value is -0.100. The highest BCUT2D eigenvalue weighted by Gasteiger charge is 2.26. The van der Waals surface area contributed by atoms with E-state index in [1.165, 1.54) is 12.8 Å². The summed E-state index contributed by atoms with van der Waals surface area (Å²) in [7, 11) is 3.49. The molecule has 0 spiro atoms. The van der Waals surface area contributed by atoms with Gasteiger partial charge in [0.1, 0.15) is 5.75 Å². The molecule has 3 nitrogen and oxygen atoms in total. The molecule has 0 bridgehead atoms. The van der Waals surface area contributed by atoms with Crippen LogP contribution in [-0.4, -0.2) is 26.4 Å². The minimum atomic E-state index is 0.335. The lowest BCUT2D eigenvalue weighted by Gasteiger charge is -2.20. The summed E-state index contributed by atoms with van der Waals surface area (Å²) in [6.45, 7) is 0.783. The van der Waals surface area contributed by atoms with Gasteiger partial charge in [-0.25, -0.2) is 0 Å². The van der Waals surface area contributed by atoms with Crippen LogP contribution in [0.3, 0.4) is 0 Å². The lowest BCUT2D eigenvalue weighted by atomic mass is 10.1. The molecular weight excluding hydrogens is 374 g/mol. The third-order valence-corrected chi connectivity index (χ3v) is 4.65. The zero-order chi connectivity index (χ0) is 13.8. The Balaban J connectivity index is 2.06. The summed E-state index contributed by atoms with van der Waals surface area (Å²) < 4.78 is 13.0. The molecule has 0 radical (unpaired) electrons. The number of hydrogen-bond acceptors (Lipinski definition) is 3. The lowest BCUT2D eigenvalue weighted by molar-refractivity contribution is 0.0846. The van der Waals surface area contributed by atoms with E-state index in [2.05, 4.69) is 43.2 Å². The molecule has 1 aliphatic carbocycles. The quantitative estimate of drug-likeness (QED) is 0.824. The molecule has 1 aliphatic rings. The molecule has 1 N–H and O–H groups in total. The molecule has 2 rings (SSSR count). The lowest BCUT2D eigenvalue weighted by Crippen LogP contribution is -2.36. The van der Waals surface area contributed by atoms with E-state index in [1.807, 2.05) is 6.07 Å². The number of hydrogen-bond donors (Lipinski definition) is 1. The second-order valence-corrected chi connectivity index (χ2v) is 6.54. The Bertz CT molecular complexity index is 440. The summed E-state index contributed by atoms with van der Waals surface area (Å²) in [5.74, 6) is 0.891. The van der Waals surface area contributed by atoms with E-state index in [4.69, 9.17) is 9.47 Å². The first-order valence-electron chi connectivity index (χ1n) is 6.43. The topological polar surface area (TPSA) is 30.5 Å². The van der Waals surface area contributed by atoms with Crippen molar-refractivity contribution >= 4 is 31.9 Å². The first kappa shape index (κ1) is 15.3. The van der Waals surface area contributed by atoms with Crippen molar-refractivity contribution in [3.63, 3.8) is 0 Å².